The number of halogens is 3. The molecule has 0 atom stereocenters. The second-order valence-corrected chi connectivity index (χ2v) is 1.38. The third-order valence-electron chi connectivity index (χ3n) is 0.702. The predicted octanol–water partition coefficient (Wildman–Crippen LogP) is 0.476. The standard InChI is InChI=1S/C4H4F3NO2/c5-4(6,7)2(1-8)3(9)10/h1H,8H2,(H,9,10). The summed E-state index contributed by atoms with van der Waals surface area (Å²) >= 11 is 0. The number of aliphatic carboxylic acids is 1. The highest BCUT2D eigenvalue weighted by Crippen LogP contribution is 2.24. The molecule has 0 aliphatic heterocycles. The van der Waals surface area contributed by atoms with Crippen LogP contribution in [0.2, 0.25) is 0 Å². The Kier molecular flexibility index (Phi) is 2.28. The zero-order valence-electron chi connectivity index (χ0n) is 4.64. The van der Waals surface area contributed by atoms with Crippen molar-refractivity contribution in [1.82, 2.24) is 0 Å². The maximum atomic E-state index is 11.4. The number of hydrogen-bond donors (Lipinski definition) is 2. The minimum absolute atomic E-state index is 0.0162. The SMILES string of the molecule is NC=C(C(=O)O)C(F)(F)F. The van der Waals surface area contributed by atoms with Gasteiger partial charge in [-0.3, -0.25) is 0 Å². The van der Waals surface area contributed by atoms with Crippen LogP contribution in [-0.2, 0) is 4.79 Å². The van der Waals surface area contributed by atoms with Crippen LogP contribution < -0.4 is 5.73 Å². The molecule has 0 aromatic carbocycles. The summed E-state index contributed by atoms with van der Waals surface area (Å²) in [6.45, 7) is 0. The quantitative estimate of drug-likeness (QED) is 0.541. The molecule has 0 radical (unpaired) electrons. The van der Waals surface area contributed by atoms with Crippen molar-refractivity contribution in [2.45, 2.75) is 6.18 Å². The lowest BCUT2D eigenvalue weighted by atomic mass is 10.3. The summed E-state index contributed by atoms with van der Waals surface area (Å²) in [5.41, 5.74) is 2.64. The molecule has 3 nitrogen and oxygen atoms in total. The normalized spacial score (nSPS) is 13.3. The van der Waals surface area contributed by atoms with E-state index >= 15 is 0 Å². The van der Waals surface area contributed by atoms with Gasteiger partial charge >= 0.3 is 12.1 Å². The molecule has 0 aromatic rings. The highest BCUT2D eigenvalue weighted by atomic mass is 19.4. The fourth-order valence-corrected chi connectivity index (χ4v) is 0.287. The van der Waals surface area contributed by atoms with Crippen LogP contribution >= 0.6 is 0 Å². The number of carboxylic acid groups (broad SMARTS) is 1. The first-order chi connectivity index (χ1) is 4.39. The van der Waals surface area contributed by atoms with Crippen LogP contribution in [0.15, 0.2) is 11.8 Å². The second kappa shape index (κ2) is 2.59. The van der Waals surface area contributed by atoms with Crippen molar-refractivity contribution in [1.29, 1.82) is 0 Å². The van der Waals surface area contributed by atoms with E-state index in [-0.39, 0.29) is 6.20 Å². The Morgan fingerprint density at radius 2 is 1.90 bits per heavy atom. The average Bonchev–Trinajstić information content (AvgIpc) is 1.60. The van der Waals surface area contributed by atoms with Crippen LogP contribution in [0, 0.1) is 0 Å². The van der Waals surface area contributed by atoms with E-state index in [0.717, 1.165) is 0 Å². The Morgan fingerprint density at radius 1 is 1.50 bits per heavy atom. The predicted molar refractivity (Wildman–Crippen MR) is 26.0 cm³/mol. The van der Waals surface area contributed by atoms with Crippen molar-refractivity contribution in [2.75, 3.05) is 0 Å². The van der Waals surface area contributed by atoms with Crippen LogP contribution in [0.25, 0.3) is 0 Å². The first-order valence-electron chi connectivity index (χ1n) is 2.12. The second-order valence-electron chi connectivity index (χ2n) is 1.38. The number of hydrogen-bond acceptors (Lipinski definition) is 2. The molecule has 0 saturated carbocycles. The molecule has 0 amide bonds. The summed E-state index contributed by atoms with van der Waals surface area (Å²) in [5, 5.41) is 7.84. The minimum Gasteiger partial charge on any atom is -0.478 e. The third-order valence-corrected chi connectivity index (χ3v) is 0.702. The van der Waals surface area contributed by atoms with E-state index in [9.17, 15) is 18.0 Å². The smallest absolute Gasteiger partial charge is 0.424 e. The largest absolute Gasteiger partial charge is 0.478 e. The van der Waals surface area contributed by atoms with E-state index in [1.54, 1.807) is 0 Å². The Balaban J connectivity index is 4.56. The molecule has 0 fully saturated rings. The van der Waals surface area contributed by atoms with Crippen molar-refractivity contribution in [2.24, 2.45) is 5.73 Å². The highest BCUT2D eigenvalue weighted by molar-refractivity contribution is 5.87. The Morgan fingerprint density at radius 3 is 1.90 bits per heavy atom. The van der Waals surface area contributed by atoms with E-state index in [0.29, 0.717) is 0 Å². The number of rotatable bonds is 1. The van der Waals surface area contributed by atoms with E-state index in [1.165, 1.54) is 0 Å². The average molecular weight is 155 g/mol. The lowest BCUT2D eigenvalue weighted by molar-refractivity contribution is -0.144. The molecule has 58 valence electrons. The Labute approximate surface area is 53.9 Å². The van der Waals surface area contributed by atoms with Crippen LogP contribution in [0.5, 0.6) is 0 Å². The fraction of sp³-hybridized carbons (Fsp3) is 0.250. The van der Waals surface area contributed by atoms with Crippen molar-refractivity contribution in [3.8, 4) is 0 Å². The number of alkyl halides is 3. The molecule has 0 spiro atoms. The molecule has 0 rings (SSSR count). The molecule has 0 unspecified atom stereocenters. The van der Waals surface area contributed by atoms with Crippen LogP contribution in [-0.4, -0.2) is 17.3 Å². The van der Waals surface area contributed by atoms with Gasteiger partial charge in [-0.25, -0.2) is 4.79 Å². The monoisotopic (exact) mass is 155 g/mol. The van der Waals surface area contributed by atoms with Crippen LogP contribution in [0.1, 0.15) is 0 Å². The molecular weight excluding hydrogens is 151 g/mol. The van der Waals surface area contributed by atoms with Crippen molar-refractivity contribution < 1.29 is 23.1 Å². The Hall–Kier alpha value is -1.20. The molecule has 0 bridgehead atoms. The molecule has 0 heterocycles. The lowest BCUT2D eigenvalue weighted by Crippen LogP contribution is -2.20. The zero-order chi connectivity index (χ0) is 8.36. The first kappa shape index (κ1) is 8.80. The molecule has 3 N–H and O–H groups in total. The van der Waals surface area contributed by atoms with Crippen molar-refractivity contribution in [3.63, 3.8) is 0 Å². The number of nitrogens with two attached hydrogens (primary N) is 1. The molecule has 0 aliphatic carbocycles. The summed E-state index contributed by atoms with van der Waals surface area (Å²) in [6.07, 6.45) is -4.86. The van der Waals surface area contributed by atoms with Gasteiger partial charge < -0.3 is 10.8 Å². The maximum Gasteiger partial charge on any atom is 0.424 e. The summed E-state index contributed by atoms with van der Waals surface area (Å²) in [7, 11) is 0. The highest BCUT2D eigenvalue weighted by Gasteiger charge is 2.38. The van der Waals surface area contributed by atoms with Gasteiger partial charge in [-0.2, -0.15) is 13.2 Å². The van der Waals surface area contributed by atoms with Crippen molar-refractivity contribution >= 4 is 5.97 Å². The maximum absolute atomic E-state index is 11.4. The number of carboxylic acids is 1. The lowest BCUT2D eigenvalue weighted by Gasteiger charge is -2.04. The fourth-order valence-electron chi connectivity index (χ4n) is 0.287. The molecule has 0 aliphatic rings. The third kappa shape index (κ3) is 1.96. The van der Waals surface area contributed by atoms with E-state index in [4.69, 9.17) is 5.11 Å². The topological polar surface area (TPSA) is 63.3 Å². The summed E-state index contributed by atoms with van der Waals surface area (Å²) in [4.78, 5) is 9.71. The number of carbonyl (C=O) groups is 1. The van der Waals surface area contributed by atoms with Gasteiger partial charge in [-0.05, 0) is 0 Å². The van der Waals surface area contributed by atoms with Crippen LogP contribution in [0.4, 0.5) is 13.2 Å². The molecular formula is C4H4F3NO2. The van der Waals surface area contributed by atoms with Crippen molar-refractivity contribution in [3.05, 3.63) is 11.8 Å². The summed E-state index contributed by atoms with van der Waals surface area (Å²) < 4.78 is 34.3. The molecule has 10 heavy (non-hydrogen) atoms. The summed E-state index contributed by atoms with van der Waals surface area (Å²) in [6, 6.07) is 0. The molecule has 0 saturated heterocycles. The first-order valence-corrected chi connectivity index (χ1v) is 2.12. The van der Waals surface area contributed by atoms with Gasteiger partial charge in [-0.15, -0.1) is 0 Å². The van der Waals surface area contributed by atoms with E-state index in [2.05, 4.69) is 5.73 Å². The minimum atomic E-state index is -4.87. The van der Waals surface area contributed by atoms with Gasteiger partial charge in [0, 0.05) is 6.20 Å². The van der Waals surface area contributed by atoms with Gasteiger partial charge in [0.2, 0.25) is 0 Å². The van der Waals surface area contributed by atoms with Gasteiger partial charge in [0.1, 0.15) is 0 Å². The van der Waals surface area contributed by atoms with Gasteiger partial charge in [-0.1, -0.05) is 0 Å². The molecule has 6 heteroatoms. The summed E-state index contributed by atoms with van der Waals surface area (Å²) in [5.74, 6) is -2.07. The van der Waals surface area contributed by atoms with Gasteiger partial charge in [0.15, 0.2) is 5.57 Å². The Bertz CT molecular complexity index is 172. The van der Waals surface area contributed by atoms with Gasteiger partial charge in [0.25, 0.3) is 0 Å². The molecule has 0 aromatic heterocycles. The van der Waals surface area contributed by atoms with Gasteiger partial charge in [0.05, 0.1) is 0 Å². The van der Waals surface area contributed by atoms with Crippen LogP contribution in [0.3, 0.4) is 0 Å². The zero-order valence-corrected chi connectivity index (χ0v) is 4.64. The van der Waals surface area contributed by atoms with E-state index in [1.807, 2.05) is 0 Å². The van der Waals surface area contributed by atoms with E-state index < -0.39 is 17.7 Å².